The molecule has 0 aliphatic carbocycles. The number of nitrogens with one attached hydrogen (secondary N) is 1. The van der Waals surface area contributed by atoms with E-state index >= 15 is 0 Å². The van der Waals surface area contributed by atoms with Gasteiger partial charge in [0.2, 0.25) is 0 Å². The maximum Gasteiger partial charge on any atom is 0.270 e. The van der Waals surface area contributed by atoms with Crippen LogP contribution in [0.25, 0.3) is 0 Å². The lowest BCUT2D eigenvalue weighted by atomic mass is 10.2. The van der Waals surface area contributed by atoms with E-state index in [0.717, 1.165) is 24.1 Å². The van der Waals surface area contributed by atoms with Gasteiger partial charge in [0.1, 0.15) is 17.3 Å². The van der Waals surface area contributed by atoms with Gasteiger partial charge < -0.3 is 10.2 Å². The Kier molecular flexibility index (Phi) is 6.73. The lowest BCUT2D eigenvalue weighted by Gasteiger charge is -2.24. The Balaban J connectivity index is 1.94. The van der Waals surface area contributed by atoms with Crippen LogP contribution in [-0.4, -0.2) is 22.4 Å². The third-order valence-electron chi connectivity index (χ3n) is 4.40. The number of amides is 1. The van der Waals surface area contributed by atoms with E-state index < -0.39 is 0 Å². The highest BCUT2D eigenvalue weighted by Crippen LogP contribution is 2.26. The van der Waals surface area contributed by atoms with Crippen molar-refractivity contribution >= 4 is 17.4 Å². The number of unbranched alkanes of at least 4 members (excludes halogenated alkanes) is 1. The van der Waals surface area contributed by atoms with E-state index in [1.54, 1.807) is 6.07 Å². The Morgan fingerprint density at radius 1 is 1.00 bits per heavy atom. The zero-order chi connectivity index (χ0) is 19.8. The van der Waals surface area contributed by atoms with Crippen LogP contribution in [0.3, 0.4) is 0 Å². The molecule has 1 N–H and O–H groups in total. The van der Waals surface area contributed by atoms with Gasteiger partial charge in [-0.1, -0.05) is 61.9 Å². The van der Waals surface area contributed by atoms with E-state index in [1.807, 2.05) is 55.5 Å². The molecule has 3 rings (SSSR count). The van der Waals surface area contributed by atoms with E-state index in [4.69, 9.17) is 0 Å². The molecule has 3 aromatic rings. The molecule has 5 nitrogen and oxygen atoms in total. The van der Waals surface area contributed by atoms with Crippen molar-refractivity contribution in [3.63, 3.8) is 0 Å². The van der Waals surface area contributed by atoms with E-state index in [-0.39, 0.29) is 5.91 Å². The summed E-state index contributed by atoms with van der Waals surface area (Å²) in [5, 5.41) is 2.93. The number of carbonyl (C=O) groups is 1. The van der Waals surface area contributed by atoms with Gasteiger partial charge in [-0.25, -0.2) is 9.97 Å². The first-order valence-corrected chi connectivity index (χ1v) is 9.67. The molecule has 0 spiro atoms. The Morgan fingerprint density at radius 2 is 1.68 bits per heavy atom. The first-order valence-electron chi connectivity index (χ1n) is 9.67. The predicted molar refractivity (Wildman–Crippen MR) is 113 cm³/mol. The zero-order valence-electron chi connectivity index (χ0n) is 16.4. The van der Waals surface area contributed by atoms with Crippen molar-refractivity contribution in [3.8, 4) is 0 Å². The van der Waals surface area contributed by atoms with E-state index in [9.17, 15) is 4.79 Å². The normalized spacial score (nSPS) is 10.5. The first-order chi connectivity index (χ1) is 13.7. The molecule has 1 amide bonds. The fourth-order valence-corrected chi connectivity index (χ4v) is 2.95. The minimum absolute atomic E-state index is 0.159. The molecule has 0 radical (unpaired) electrons. The molecule has 1 aromatic heterocycles. The number of anilines is 2. The van der Waals surface area contributed by atoms with Gasteiger partial charge in [-0.2, -0.15) is 0 Å². The molecule has 0 fully saturated rings. The molecule has 0 saturated heterocycles. The van der Waals surface area contributed by atoms with Crippen LogP contribution in [-0.2, 0) is 6.54 Å². The molecule has 2 aromatic carbocycles. The molecular weight excluding hydrogens is 348 g/mol. The monoisotopic (exact) mass is 374 g/mol. The number of aryl methyl sites for hydroxylation is 1. The molecule has 0 unspecified atom stereocenters. The quantitative estimate of drug-likeness (QED) is 0.583. The number of hydrogen-bond donors (Lipinski definition) is 1. The van der Waals surface area contributed by atoms with Crippen LogP contribution in [0.5, 0.6) is 0 Å². The van der Waals surface area contributed by atoms with Crippen LogP contribution in [0.15, 0.2) is 66.7 Å². The Bertz CT molecular complexity index is 897. The first kappa shape index (κ1) is 19.5. The van der Waals surface area contributed by atoms with Crippen LogP contribution >= 0.6 is 0 Å². The summed E-state index contributed by atoms with van der Waals surface area (Å²) in [5.74, 6) is 1.13. The zero-order valence-corrected chi connectivity index (χ0v) is 16.4. The minimum Gasteiger partial charge on any atom is -0.351 e. The van der Waals surface area contributed by atoms with Gasteiger partial charge in [0.15, 0.2) is 0 Å². The van der Waals surface area contributed by atoms with Gasteiger partial charge in [0.25, 0.3) is 5.91 Å². The van der Waals surface area contributed by atoms with Crippen molar-refractivity contribution < 1.29 is 4.79 Å². The molecule has 0 saturated carbocycles. The third-order valence-corrected chi connectivity index (χ3v) is 4.40. The largest absolute Gasteiger partial charge is 0.351 e. The number of aromatic nitrogens is 2. The van der Waals surface area contributed by atoms with E-state index in [2.05, 4.69) is 39.2 Å². The van der Waals surface area contributed by atoms with Crippen molar-refractivity contribution in [2.24, 2.45) is 0 Å². The lowest BCUT2D eigenvalue weighted by Crippen LogP contribution is -2.26. The summed E-state index contributed by atoms with van der Waals surface area (Å²) in [6.45, 7) is 5.22. The van der Waals surface area contributed by atoms with Crippen LogP contribution in [0.1, 0.15) is 41.6 Å². The van der Waals surface area contributed by atoms with Crippen molar-refractivity contribution in [1.82, 2.24) is 15.3 Å². The average molecular weight is 374 g/mol. The molecule has 0 atom stereocenters. The average Bonchev–Trinajstić information content (AvgIpc) is 2.73. The van der Waals surface area contributed by atoms with Crippen molar-refractivity contribution in [1.29, 1.82) is 0 Å². The number of carbonyl (C=O) groups excluding carboxylic acids is 1. The highest BCUT2D eigenvalue weighted by atomic mass is 16.1. The number of nitrogens with zero attached hydrogens (tertiary/aromatic N) is 3. The molecule has 1 heterocycles. The second-order valence-electron chi connectivity index (χ2n) is 6.68. The Morgan fingerprint density at radius 3 is 2.36 bits per heavy atom. The summed E-state index contributed by atoms with van der Waals surface area (Å²) in [5.41, 5.74) is 2.57. The number of benzene rings is 2. The van der Waals surface area contributed by atoms with Crippen LogP contribution < -0.4 is 10.2 Å². The van der Waals surface area contributed by atoms with Crippen molar-refractivity contribution in [2.45, 2.75) is 33.2 Å². The molecule has 5 heteroatoms. The van der Waals surface area contributed by atoms with E-state index in [0.29, 0.717) is 30.4 Å². The Labute approximate surface area is 166 Å². The molecule has 0 aliphatic rings. The van der Waals surface area contributed by atoms with Gasteiger partial charge in [-0.3, -0.25) is 4.79 Å². The molecular formula is C23H26N4O. The highest BCUT2D eigenvalue weighted by molar-refractivity contribution is 5.93. The molecule has 144 valence electrons. The minimum atomic E-state index is -0.159. The molecule has 28 heavy (non-hydrogen) atoms. The number of para-hydroxylation sites is 1. The van der Waals surface area contributed by atoms with E-state index in [1.165, 1.54) is 0 Å². The Hall–Kier alpha value is -3.21. The molecule has 0 aliphatic heterocycles. The number of rotatable bonds is 8. The maximum atomic E-state index is 12.5. The SMILES string of the molecule is CCCCNC(=O)c1cc(N(Cc2ccccc2)c2ccccc2)nc(C)n1. The summed E-state index contributed by atoms with van der Waals surface area (Å²) in [6.07, 6.45) is 1.99. The fourth-order valence-electron chi connectivity index (χ4n) is 2.95. The number of hydrogen-bond acceptors (Lipinski definition) is 4. The van der Waals surface area contributed by atoms with Gasteiger partial charge in [-0.05, 0) is 31.0 Å². The fraction of sp³-hybridized carbons (Fsp3) is 0.261. The topological polar surface area (TPSA) is 58.1 Å². The summed E-state index contributed by atoms with van der Waals surface area (Å²) < 4.78 is 0. The van der Waals surface area contributed by atoms with Crippen LogP contribution in [0, 0.1) is 6.92 Å². The summed E-state index contributed by atoms with van der Waals surface area (Å²) in [6, 6.07) is 22.1. The van der Waals surface area contributed by atoms with Crippen molar-refractivity contribution in [2.75, 3.05) is 11.4 Å². The van der Waals surface area contributed by atoms with Crippen LogP contribution in [0.2, 0.25) is 0 Å². The third kappa shape index (κ3) is 5.16. The standard InChI is InChI=1S/C23H26N4O/c1-3-4-15-24-23(28)21-16-22(26-18(2)25-21)27(20-13-9-6-10-14-20)17-19-11-7-5-8-12-19/h5-14,16H,3-4,15,17H2,1-2H3,(H,24,28). The van der Waals surface area contributed by atoms with Gasteiger partial charge in [0.05, 0.1) is 0 Å². The lowest BCUT2D eigenvalue weighted by molar-refractivity contribution is 0.0948. The van der Waals surface area contributed by atoms with Gasteiger partial charge in [0, 0.05) is 24.8 Å². The van der Waals surface area contributed by atoms with Crippen molar-refractivity contribution in [3.05, 3.63) is 83.8 Å². The summed E-state index contributed by atoms with van der Waals surface area (Å²) >= 11 is 0. The predicted octanol–water partition coefficient (Wildman–Crippen LogP) is 4.65. The smallest absolute Gasteiger partial charge is 0.270 e. The van der Waals surface area contributed by atoms with Gasteiger partial charge in [-0.15, -0.1) is 0 Å². The second kappa shape index (κ2) is 9.65. The summed E-state index contributed by atoms with van der Waals surface area (Å²) in [4.78, 5) is 23.6. The molecule has 0 bridgehead atoms. The second-order valence-corrected chi connectivity index (χ2v) is 6.68. The van der Waals surface area contributed by atoms with Gasteiger partial charge >= 0.3 is 0 Å². The summed E-state index contributed by atoms with van der Waals surface area (Å²) in [7, 11) is 0. The highest BCUT2D eigenvalue weighted by Gasteiger charge is 2.16. The van der Waals surface area contributed by atoms with Crippen LogP contribution in [0.4, 0.5) is 11.5 Å². The maximum absolute atomic E-state index is 12.5.